The van der Waals surface area contributed by atoms with Gasteiger partial charge in [0.15, 0.2) is 0 Å². The summed E-state index contributed by atoms with van der Waals surface area (Å²) in [6, 6.07) is 7.46. The van der Waals surface area contributed by atoms with Crippen molar-refractivity contribution < 1.29 is 23.5 Å². The Labute approximate surface area is 150 Å². The number of benzene rings is 1. The van der Waals surface area contributed by atoms with Crippen LogP contribution in [0.2, 0.25) is 0 Å². The highest BCUT2D eigenvalue weighted by Gasteiger charge is 2.19. The molecule has 3 rings (SSSR count). The van der Waals surface area contributed by atoms with Crippen LogP contribution in [-0.2, 0) is 0 Å². The molecule has 138 valence electrons. The van der Waals surface area contributed by atoms with E-state index in [0.29, 0.717) is 5.75 Å². The third-order valence-electron chi connectivity index (χ3n) is 3.38. The molecular weight excluding hydrogens is 360 g/mol. The van der Waals surface area contributed by atoms with E-state index in [0.717, 1.165) is 0 Å². The Morgan fingerprint density at radius 2 is 2.19 bits per heavy atom. The number of nitrogen functional groups attached to an aromatic ring is 1. The molecule has 0 aliphatic carbocycles. The van der Waals surface area contributed by atoms with Gasteiger partial charge in [-0.1, -0.05) is 0 Å². The number of rotatable bonds is 6. The molecule has 0 saturated heterocycles. The Morgan fingerprint density at radius 1 is 1.37 bits per heavy atom. The van der Waals surface area contributed by atoms with E-state index in [1.54, 1.807) is 6.07 Å². The lowest BCUT2D eigenvalue weighted by Crippen LogP contribution is -2.19. The molecule has 0 atom stereocenters. The Balaban J connectivity index is 1.76. The molecule has 1 amide bonds. The summed E-state index contributed by atoms with van der Waals surface area (Å²) in [5.74, 6) is -0.0377. The molecule has 0 radical (unpaired) electrons. The van der Waals surface area contributed by atoms with Crippen molar-refractivity contribution in [2.75, 3.05) is 12.8 Å². The standard InChI is InChI=1S/C15H12N6O6/c1-25-8-2-4-10(11(6-8)21(23)24)12-5-3-9(26-12)7-17-18-15(22)13-14(16)20-27-19-13/h2-7H,1H3,(H2,16,20)(H,18,22)/b17-7+. The van der Waals surface area contributed by atoms with Crippen LogP contribution < -0.4 is 15.9 Å². The third-order valence-corrected chi connectivity index (χ3v) is 3.38. The SMILES string of the molecule is COc1ccc(-c2ccc(/C=N/NC(=O)c3nonc3N)o2)c([N+](=O)[O-])c1. The van der Waals surface area contributed by atoms with Crippen LogP contribution in [0, 0.1) is 10.1 Å². The largest absolute Gasteiger partial charge is 0.497 e. The fourth-order valence-corrected chi connectivity index (χ4v) is 2.13. The van der Waals surface area contributed by atoms with Crippen LogP contribution in [0.15, 0.2) is 44.5 Å². The highest BCUT2D eigenvalue weighted by Crippen LogP contribution is 2.33. The van der Waals surface area contributed by atoms with Gasteiger partial charge in [-0.05, 0) is 34.6 Å². The Kier molecular flexibility index (Phi) is 4.79. The molecule has 2 aromatic heterocycles. The number of nitrogens with zero attached hydrogens (tertiary/aromatic N) is 4. The zero-order valence-electron chi connectivity index (χ0n) is 13.8. The van der Waals surface area contributed by atoms with E-state index < -0.39 is 10.8 Å². The summed E-state index contributed by atoms with van der Waals surface area (Å²) >= 11 is 0. The predicted molar refractivity (Wildman–Crippen MR) is 91.1 cm³/mol. The summed E-state index contributed by atoms with van der Waals surface area (Å²) in [5, 5.41) is 21.6. The summed E-state index contributed by atoms with van der Waals surface area (Å²) in [6.07, 6.45) is 1.21. The summed E-state index contributed by atoms with van der Waals surface area (Å²) in [7, 11) is 1.41. The average Bonchev–Trinajstić information content (AvgIpc) is 3.30. The molecule has 3 aromatic rings. The van der Waals surface area contributed by atoms with Gasteiger partial charge >= 0.3 is 0 Å². The van der Waals surface area contributed by atoms with E-state index in [-0.39, 0.29) is 34.3 Å². The number of nitrogens with one attached hydrogen (secondary N) is 1. The first-order chi connectivity index (χ1) is 13.0. The van der Waals surface area contributed by atoms with E-state index in [2.05, 4.69) is 25.5 Å². The molecule has 0 spiro atoms. The van der Waals surface area contributed by atoms with E-state index in [4.69, 9.17) is 14.9 Å². The number of hydrogen-bond donors (Lipinski definition) is 2. The van der Waals surface area contributed by atoms with Crippen molar-refractivity contribution in [2.45, 2.75) is 0 Å². The monoisotopic (exact) mass is 372 g/mol. The van der Waals surface area contributed by atoms with E-state index in [9.17, 15) is 14.9 Å². The molecule has 3 N–H and O–H groups in total. The number of carbonyl (C=O) groups excluding carboxylic acids is 1. The van der Waals surface area contributed by atoms with Crippen molar-refractivity contribution >= 4 is 23.6 Å². The van der Waals surface area contributed by atoms with Crippen molar-refractivity contribution in [1.29, 1.82) is 0 Å². The van der Waals surface area contributed by atoms with Crippen LogP contribution >= 0.6 is 0 Å². The number of methoxy groups -OCH3 is 1. The van der Waals surface area contributed by atoms with Crippen molar-refractivity contribution in [1.82, 2.24) is 15.7 Å². The topological polar surface area (TPSA) is 172 Å². The van der Waals surface area contributed by atoms with Gasteiger partial charge in [-0.25, -0.2) is 10.1 Å². The zero-order chi connectivity index (χ0) is 19.4. The number of amides is 1. The first kappa shape index (κ1) is 17.6. The number of anilines is 1. The molecule has 12 nitrogen and oxygen atoms in total. The van der Waals surface area contributed by atoms with Crippen LogP contribution in [0.4, 0.5) is 11.5 Å². The van der Waals surface area contributed by atoms with Gasteiger partial charge in [0.2, 0.25) is 11.5 Å². The number of hydrazone groups is 1. The van der Waals surface area contributed by atoms with Crippen molar-refractivity contribution in [3.63, 3.8) is 0 Å². The van der Waals surface area contributed by atoms with Crippen LogP contribution in [0.3, 0.4) is 0 Å². The quantitative estimate of drug-likeness (QED) is 0.370. The molecule has 0 unspecified atom stereocenters. The fraction of sp³-hybridized carbons (Fsp3) is 0.0667. The van der Waals surface area contributed by atoms with E-state index in [1.165, 1.54) is 37.6 Å². The summed E-state index contributed by atoms with van der Waals surface area (Å²) in [4.78, 5) is 22.5. The minimum Gasteiger partial charge on any atom is -0.497 e. The second-order valence-corrected chi connectivity index (χ2v) is 5.04. The van der Waals surface area contributed by atoms with Crippen LogP contribution in [0.1, 0.15) is 16.2 Å². The Bertz CT molecular complexity index is 1020. The van der Waals surface area contributed by atoms with Gasteiger partial charge in [-0.15, -0.1) is 0 Å². The third kappa shape index (κ3) is 3.73. The summed E-state index contributed by atoms with van der Waals surface area (Å²) in [6.45, 7) is 0. The number of ether oxygens (including phenoxy) is 1. The highest BCUT2D eigenvalue weighted by atomic mass is 16.6. The van der Waals surface area contributed by atoms with E-state index in [1.807, 2.05) is 0 Å². The summed E-state index contributed by atoms with van der Waals surface area (Å²) in [5.41, 5.74) is 7.45. The molecule has 1 aromatic carbocycles. The molecule has 0 aliphatic heterocycles. The maximum absolute atomic E-state index is 11.7. The number of nitro benzene ring substituents is 1. The summed E-state index contributed by atoms with van der Waals surface area (Å²) < 4.78 is 14.8. The van der Waals surface area contributed by atoms with Gasteiger partial charge in [0.1, 0.15) is 17.3 Å². The average molecular weight is 372 g/mol. The molecule has 0 saturated carbocycles. The van der Waals surface area contributed by atoms with Crippen molar-refractivity contribution in [3.05, 3.63) is 51.9 Å². The van der Waals surface area contributed by atoms with Gasteiger partial charge in [-0.3, -0.25) is 14.9 Å². The Morgan fingerprint density at radius 3 is 2.85 bits per heavy atom. The van der Waals surface area contributed by atoms with Crippen molar-refractivity contribution in [2.24, 2.45) is 5.10 Å². The fourth-order valence-electron chi connectivity index (χ4n) is 2.13. The number of carbonyl (C=O) groups is 1. The smallest absolute Gasteiger partial charge is 0.297 e. The minimum atomic E-state index is -0.720. The molecule has 12 heteroatoms. The normalized spacial score (nSPS) is 10.9. The maximum atomic E-state index is 11.7. The van der Waals surface area contributed by atoms with Crippen molar-refractivity contribution in [3.8, 4) is 17.1 Å². The molecule has 0 bridgehead atoms. The van der Waals surface area contributed by atoms with Gasteiger partial charge in [0.05, 0.1) is 29.9 Å². The van der Waals surface area contributed by atoms with Crippen LogP contribution in [-0.4, -0.2) is 34.5 Å². The molecule has 0 fully saturated rings. The molecule has 2 heterocycles. The highest BCUT2D eigenvalue weighted by molar-refractivity contribution is 5.96. The minimum absolute atomic E-state index is 0.171. The van der Waals surface area contributed by atoms with Gasteiger partial charge in [-0.2, -0.15) is 5.10 Å². The second kappa shape index (κ2) is 7.35. The number of hydrogen-bond acceptors (Lipinski definition) is 10. The number of nitro groups is 1. The number of aromatic nitrogens is 2. The first-order valence-corrected chi connectivity index (χ1v) is 7.33. The zero-order valence-corrected chi connectivity index (χ0v) is 13.8. The maximum Gasteiger partial charge on any atom is 0.297 e. The lowest BCUT2D eigenvalue weighted by molar-refractivity contribution is -0.384. The lowest BCUT2D eigenvalue weighted by Gasteiger charge is -2.03. The van der Waals surface area contributed by atoms with Gasteiger partial charge in [0, 0.05) is 0 Å². The van der Waals surface area contributed by atoms with Gasteiger partial charge < -0.3 is 14.9 Å². The number of nitrogens with two attached hydrogens (primary N) is 1. The lowest BCUT2D eigenvalue weighted by atomic mass is 10.1. The van der Waals surface area contributed by atoms with Crippen LogP contribution in [0.5, 0.6) is 5.75 Å². The van der Waals surface area contributed by atoms with Gasteiger partial charge in [0.25, 0.3) is 11.6 Å². The first-order valence-electron chi connectivity index (χ1n) is 7.33. The predicted octanol–water partition coefficient (Wildman–Crippen LogP) is 1.59. The van der Waals surface area contributed by atoms with Crippen LogP contribution in [0.25, 0.3) is 11.3 Å². The molecular formula is C15H12N6O6. The Hall–Kier alpha value is -4.22. The molecule has 27 heavy (non-hydrogen) atoms. The van der Waals surface area contributed by atoms with E-state index >= 15 is 0 Å². The number of furan rings is 1. The second-order valence-electron chi connectivity index (χ2n) is 5.04. The molecule has 0 aliphatic rings.